The summed E-state index contributed by atoms with van der Waals surface area (Å²) in [6, 6.07) is 16.7. The number of carbonyl (C=O) groups is 1. The van der Waals surface area contributed by atoms with Crippen molar-refractivity contribution < 1.29 is 9.18 Å². The maximum Gasteiger partial charge on any atom is 0.271 e. The van der Waals surface area contributed by atoms with E-state index in [9.17, 15) is 14.0 Å². The molecule has 2 heterocycles. The first kappa shape index (κ1) is 21.2. The van der Waals surface area contributed by atoms with Gasteiger partial charge in [-0.15, -0.1) is 5.10 Å². The number of hydrogen-bond donors (Lipinski definition) is 1. The van der Waals surface area contributed by atoms with Crippen molar-refractivity contribution in [1.82, 2.24) is 15.1 Å². The van der Waals surface area contributed by atoms with E-state index in [0.717, 1.165) is 10.0 Å². The Kier molecular flexibility index (Phi) is 6.46. The number of amides is 1. The van der Waals surface area contributed by atoms with Gasteiger partial charge in [0.05, 0.1) is 5.69 Å². The Morgan fingerprint density at radius 1 is 1.10 bits per heavy atom. The molecule has 1 aliphatic heterocycles. The number of carbonyl (C=O) groups excluding carboxylic acids is 1. The van der Waals surface area contributed by atoms with Crippen LogP contribution in [0.5, 0.6) is 0 Å². The number of halogens is 2. The Morgan fingerprint density at radius 2 is 1.84 bits per heavy atom. The molecule has 4 rings (SSSR count). The number of hydrogen-bond acceptors (Lipinski definition) is 4. The number of piperidine rings is 1. The largest absolute Gasteiger partial charge is 0.355 e. The van der Waals surface area contributed by atoms with Crippen LogP contribution in [0.1, 0.15) is 18.4 Å². The van der Waals surface area contributed by atoms with E-state index in [1.807, 2.05) is 24.3 Å². The minimum Gasteiger partial charge on any atom is -0.355 e. The van der Waals surface area contributed by atoms with Crippen LogP contribution in [0.2, 0.25) is 0 Å². The van der Waals surface area contributed by atoms with Gasteiger partial charge in [0.15, 0.2) is 0 Å². The molecule has 1 amide bonds. The van der Waals surface area contributed by atoms with Crippen LogP contribution in [0.3, 0.4) is 0 Å². The van der Waals surface area contributed by atoms with Crippen LogP contribution < -0.4 is 15.8 Å². The fourth-order valence-corrected chi connectivity index (χ4v) is 4.14. The van der Waals surface area contributed by atoms with E-state index in [-0.39, 0.29) is 23.2 Å². The summed E-state index contributed by atoms with van der Waals surface area (Å²) in [4.78, 5) is 26.9. The molecule has 1 N–H and O–H groups in total. The Balaban J connectivity index is 1.37. The third-order valence-corrected chi connectivity index (χ3v) is 5.90. The molecular formula is C23H22BrFN4O2. The zero-order valence-electron chi connectivity index (χ0n) is 16.8. The quantitative estimate of drug-likeness (QED) is 0.599. The van der Waals surface area contributed by atoms with Gasteiger partial charge in [-0.3, -0.25) is 9.59 Å². The second kappa shape index (κ2) is 9.43. The summed E-state index contributed by atoms with van der Waals surface area (Å²) in [5, 5.41) is 7.48. The third-order valence-electron chi connectivity index (χ3n) is 5.40. The van der Waals surface area contributed by atoms with E-state index >= 15 is 0 Å². The van der Waals surface area contributed by atoms with E-state index in [4.69, 9.17) is 0 Å². The van der Waals surface area contributed by atoms with Gasteiger partial charge in [-0.2, -0.15) is 4.68 Å². The first-order chi connectivity index (χ1) is 15.0. The normalized spacial score (nSPS) is 14.5. The molecule has 31 heavy (non-hydrogen) atoms. The molecule has 0 aliphatic carbocycles. The summed E-state index contributed by atoms with van der Waals surface area (Å²) < 4.78 is 15.5. The average molecular weight is 485 g/mol. The molecule has 1 saturated heterocycles. The first-order valence-corrected chi connectivity index (χ1v) is 10.9. The van der Waals surface area contributed by atoms with Crippen molar-refractivity contribution in [3.05, 3.63) is 86.9 Å². The highest BCUT2D eigenvalue weighted by Gasteiger charge is 2.25. The summed E-state index contributed by atoms with van der Waals surface area (Å²) >= 11 is 3.44. The highest BCUT2D eigenvalue weighted by Crippen LogP contribution is 2.22. The predicted molar refractivity (Wildman–Crippen MR) is 121 cm³/mol. The van der Waals surface area contributed by atoms with E-state index in [0.29, 0.717) is 44.0 Å². The van der Waals surface area contributed by atoms with E-state index in [1.54, 1.807) is 6.07 Å². The van der Waals surface area contributed by atoms with Gasteiger partial charge in [-0.05, 0) is 60.9 Å². The molecule has 0 atom stereocenters. The lowest BCUT2D eigenvalue weighted by atomic mass is 9.96. The molecule has 1 aliphatic rings. The lowest BCUT2D eigenvalue weighted by Crippen LogP contribution is -2.41. The Hall–Kier alpha value is -3.00. The minimum atomic E-state index is -0.367. The Labute approximate surface area is 187 Å². The lowest BCUT2D eigenvalue weighted by Gasteiger charge is -2.32. The first-order valence-electron chi connectivity index (χ1n) is 10.1. The van der Waals surface area contributed by atoms with Gasteiger partial charge < -0.3 is 10.2 Å². The number of rotatable bonds is 5. The van der Waals surface area contributed by atoms with Gasteiger partial charge in [-0.25, -0.2) is 4.39 Å². The molecule has 160 valence electrons. The maximum atomic E-state index is 13.2. The topological polar surface area (TPSA) is 67.2 Å². The highest BCUT2D eigenvalue weighted by molar-refractivity contribution is 9.10. The van der Waals surface area contributed by atoms with Crippen molar-refractivity contribution in [3.63, 3.8) is 0 Å². The SMILES string of the molecule is O=C(NCc1cccc(Br)c1)C1CCN(c2ccc(=O)n(-c3ccc(F)cc3)n2)CC1. The summed E-state index contributed by atoms with van der Waals surface area (Å²) in [7, 11) is 0. The molecule has 0 spiro atoms. The monoisotopic (exact) mass is 484 g/mol. The van der Waals surface area contributed by atoms with E-state index in [2.05, 4.69) is 31.2 Å². The summed E-state index contributed by atoms with van der Waals surface area (Å²) in [5.74, 6) is 0.306. The third kappa shape index (κ3) is 5.19. The van der Waals surface area contributed by atoms with Crippen LogP contribution in [0.15, 0.2) is 69.9 Å². The fourth-order valence-electron chi connectivity index (χ4n) is 3.69. The van der Waals surface area contributed by atoms with Gasteiger partial charge >= 0.3 is 0 Å². The number of aromatic nitrogens is 2. The number of nitrogens with zero attached hydrogens (tertiary/aromatic N) is 3. The molecule has 1 aromatic heterocycles. The van der Waals surface area contributed by atoms with E-state index in [1.165, 1.54) is 35.0 Å². The molecule has 0 unspecified atom stereocenters. The van der Waals surface area contributed by atoms with Crippen LogP contribution in [0.4, 0.5) is 10.2 Å². The van der Waals surface area contributed by atoms with Gasteiger partial charge in [-0.1, -0.05) is 28.1 Å². The maximum absolute atomic E-state index is 13.2. The molecule has 8 heteroatoms. The average Bonchev–Trinajstić information content (AvgIpc) is 2.79. The summed E-state index contributed by atoms with van der Waals surface area (Å²) in [6.45, 7) is 1.84. The Bertz CT molecular complexity index is 1120. The molecule has 6 nitrogen and oxygen atoms in total. The summed E-state index contributed by atoms with van der Waals surface area (Å²) in [5.41, 5.74) is 1.28. The number of benzene rings is 2. The molecule has 0 saturated carbocycles. The van der Waals surface area contributed by atoms with Crippen molar-refractivity contribution in [2.45, 2.75) is 19.4 Å². The van der Waals surface area contributed by atoms with Crippen LogP contribution in [-0.4, -0.2) is 28.8 Å². The van der Waals surface area contributed by atoms with Crippen LogP contribution in [0, 0.1) is 11.7 Å². The van der Waals surface area contributed by atoms with Crippen molar-refractivity contribution in [2.24, 2.45) is 5.92 Å². The van der Waals surface area contributed by atoms with Crippen molar-refractivity contribution in [3.8, 4) is 5.69 Å². The van der Waals surface area contributed by atoms with E-state index < -0.39 is 0 Å². The number of anilines is 1. The van der Waals surface area contributed by atoms with Gasteiger partial charge in [0, 0.05) is 36.1 Å². The van der Waals surface area contributed by atoms with Gasteiger partial charge in [0.1, 0.15) is 11.6 Å². The highest BCUT2D eigenvalue weighted by atomic mass is 79.9. The lowest BCUT2D eigenvalue weighted by molar-refractivity contribution is -0.125. The molecular weight excluding hydrogens is 463 g/mol. The predicted octanol–water partition coefficient (Wildman–Crippen LogP) is 3.67. The van der Waals surface area contributed by atoms with Crippen LogP contribution in [0.25, 0.3) is 5.69 Å². The summed E-state index contributed by atoms with van der Waals surface area (Å²) in [6.07, 6.45) is 1.42. The van der Waals surface area contributed by atoms with Gasteiger partial charge in [0.2, 0.25) is 5.91 Å². The Morgan fingerprint density at radius 3 is 2.55 bits per heavy atom. The molecule has 2 aromatic carbocycles. The van der Waals surface area contributed by atoms with Crippen molar-refractivity contribution >= 4 is 27.7 Å². The van der Waals surface area contributed by atoms with Crippen molar-refractivity contribution in [1.29, 1.82) is 0 Å². The van der Waals surface area contributed by atoms with Gasteiger partial charge in [0.25, 0.3) is 5.56 Å². The molecule has 1 fully saturated rings. The smallest absolute Gasteiger partial charge is 0.271 e. The van der Waals surface area contributed by atoms with Crippen LogP contribution in [-0.2, 0) is 11.3 Å². The van der Waals surface area contributed by atoms with Crippen molar-refractivity contribution in [2.75, 3.05) is 18.0 Å². The zero-order valence-corrected chi connectivity index (χ0v) is 18.4. The standard InChI is InChI=1S/C23H22BrFN4O2/c24-18-3-1-2-16(14-18)15-26-23(31)17-10-12-28(13-11-17)21-8-9-22(30)29(27-21)20-6-4-19(25)5-7-20/h1-9,14,17H,10-13,15H2,(H,26,31). The zero-order chi connectivity index (χ0) is 21.8. The second-order valence-corrected chi connectivity index (χ2v) is 8.44. The van der Waals surface area contributed by atoms with Crippen LogP contribution >= 0.6 is 15.9 Å². The second-order valence-electron chi connectivity index (χ2n) is 7.53. The molecule has 0 radical (unpaired) electrons. The number of nitrogens with one attached hydrogen (secondary N) is 1. The minimum absolute atomic E-state index is 0.0496. The molecule has 3 aromatic rings. The molecule has 0 bridgehead atoms. The fraction of sp³-hybridized carbons (Fsp3) is 0.261.